The van der Waals surface area contributed by atoms with Gasteiger partial charge in [-0.25, -0.2) is 0 Å². The van der Waals surface area contributed by atoms with Crippen molar-refractivity contribution in [2.45, 2.75) is 25.4 Å². The quantitative estimate of drug-likeness (QED) is 0.566. The fourth-order valence-electron chi connectivity index (χ4n) is 3.05. The highest BCUT2D eigenvalue weighted by Gasteiger charge is 2.18. The molecule has 3 aromatic carbocycles. The number of carbonyl (C=O) groups excluding carboxylic acids is 1. The molecule has 0 heterocycles. The Balaban J connectivity index is 1.59. The van der Waals surface area contributed by atoms with Crippen LogP contribution in [0.15, 0.2) is 84.9 Å². The summed E-state index contributed by atoms with van der Waals surface area (Å²) in [5.74, 6) is 0.0220. The lowest BCUT2D eigenvalue weighted by atomic mass is 10.0. The van der Waals surface area contributed by atoms with Crippen LogP contribution in [0.2, 0.25) is 5.02 Å². The van der Waals surface area contributed by atoms with Gasteiger partial charge in [-0.15, -0.1) is 0 Å². The van der Waals surface area contributed by atoms with Gasteiger partial charge in [0.2, 0.25) is 5.91 Å². The Kier molecular flexibility index (Phi) is 7.65. The molecule has 0 aromatic heterocycles. The lowest BCUT2D eigenvalue weighted by Gasteiger charge is -2.19. The van der Waals surface area contributed by atoms with E-state index in [0.29, 0.717) is 24.5 Å². The predicted octanol–water partition coefficient (Wildman–Crippen LogP) is 4.40. The number of amides is 1. The van der Waals surface area contributed by atoms with Crippen molar-refractivity contribution in [1.82, 2.24) is 10.6 Å². The molecule has 1 amide bonds. The number of halogens is 1. The van der Waals surface area contributed by atoms with Crippen molar-refractivity contribution in [1.29, 1.82) is 0 Å². The number of hydrogen-bond acceptors (Lipinski definition) is 2. The van der Waals surface area contributed by atoms with E-state index in [0.717, 1.165) is 17.5 Å². The molecule has 0 aliphatic carbocycles. The second kappa shape index (κ2) is 10.6. The van der Waals surface area contributed by atoms with Crippen molar-refractivity contribution < 1.29 is 4.79 Å². The summed E-state index contributed by atoms with van der Waals surface area (Å²) in [6.07, 6.45) is 1.47. The van der Waals surface area contributed by atoms with Crippen LogP contribution in [-0.2, 0) is 24.2 Å². The van der Waals surface area contributed by atoms with Crippen LogP contribution in [0.3, 0.4) is 0 Å². The Labute approximate surface area is 171 Å². The molecule has 0 spiro atoms. The van der Waals surface area contributed by atoms with Crippen molar-refractivity contribution in [2.75, 3.05) is 6.54 Å². The van der Waals surface area contributed by atoms with Crippen LogP contribution in [0.4, 0.5) is 0 Å². The van der Waals surface area contributed by atoms with Gasteiger partial charge in [-0.05, 0) is 41.7 Å². The molecule has 1 unspecified atom stereocenters. The average Bonchev–Trinajstić information content (AvgIpc) is 2.73. The van der Waals surface area contributed by atoms with Crippen LogP contribution < -0.4 is 10.6 Å². The lowest BCUT2D eigenvalue weighted by Crippen LogP contribution is -2.45. The summed E-state index contributed by atoms with van der Waals surface area (Å²) in [6.45, 7) is 1.23. The van der Waals surface area contributed by atoms with Crippen molar-refractivity contribution in [3.63, 3.8) is 0 Å². The van der Waals surface area contributed by atoms with E-state index in [2.05, 4.69) is 22.8 Å². The first-order valence-electron chi connectivity index (χ1n) is 9.54. The van der Waals surface area contributed by atoms with E-state index in [4.69, 9.17) is 11.6 Å². The number of nitrogens with one attached hydrogen (secondary N) is 2. The van der Waals surface area contributed by atoms with E-state index in [1.807, 2.05) is 72.8 Å². The van der Waals surface area contributed by atoms with Crippen LogP contribution in [0.25, 0.3) is 0 Å². The SMILES string of the molecule is O=C(NCCc1ccccc1)C(Cc1ccccc1)NCc1ccc(Cl)cc1. The third kappa shape index (κ3) is 6.52. The van der Waals surface area contributed by atoms with Crippen LogP contribution in [0.5, 0.6) is 0 Å². The van der Waals surface area contributed by atoms with Gasteiger partial charge in [-0.3, -0.25) is 4.79 Å². The predicted molar refractivity (Wildman–Crippen MR) is 115 cm³/mol. The molecule has 0 aliphatic heterocycles. The van der Waals surface area contributed by atoms with Gasteiger partial charge in [0.15, 0.2) is 0 Å². The third-order valence-corrected chi connectivity index (χ3v) is 4.87. The lowest BCUT2D eigenvalue weighted by molar-refractivity contribution is -0.123. The molecule has 0 fully saturated rings. The molecular formula is C24H25ClN2O. The van der Waals surface area contributed by atoms with Gasteiger partial charge in [-0.2, -0.15) is 0 Å². The van der Waals surface area contributed by atoms with Crippen LogP contribution in [0.1, 0.15) is 16.7 Å². The molecule has 4 heteroatoms. The van der Waals surface area contributed by atoms with Crippen molar-refractivity contribution in [3.8, 4) is 0 Å². The van der Waals surface area contributed by atoms with E-state index < -0.39 is 0 Å². The minimum atomic E-state index is -0.297. The zero-order valence-corrected chi connectivity index (χ0v) is 16.5. The summed E-state index contributed by atoms with van der Waals surface area (Å²) in [5.41, 5.74) is 3.45. The maximum Gasteiger partial charge on any atom is 0.237 e. The molecule has 1 atom stereocenters. The highest BCUT2D eigenvalue weighted by atomic mass is 35.5. The molecule has 0 bridgehead atoms. The molecule has 0 aliphatic rings. The van der Waals surface area contributed by atoms with Crippen molar-refractivity contribution >= 4 is 17.5 Å². The monoisotopic (exact) mass is 392 g/mol. The molecule has 2 N–H and O–H groups in total. The van der Waals surface area contributed by atoms with E-state index in [9.17, 15) is 4.79 Å². The fraction of sp³-hybridized carbons (Fsp3) is 0.208. The van der Waals surface area contributed by atoms with E-state index in [1.165, 1.54) is 5.56 Å². The first kappa shape index (κ1) is 20.1. The van der Waals surface area contributed by atoms with Crippen LogP contribution in [-0.4, -0.2) is 18.5 Å². The third-order valence-electron chi connectivity index (χ3n) is 4.62. The first-order chi connectivity index (χ1) is 13.7. The second-order valence-electron chi connectivity index (χ2n) is 6.78. The highest BCUT2D eigenvalue weighted by Crippen LogP contribution is 2.10. The molecule has 3 aromatic rings. The van der Waals surface area contributed by atoms with Gasteiger partial charge >= 0.3 is 0 Å². The maximum absolute atomic E-state index is 12.8. The topological polar surface area (TPSA) is 41.1 Å². The minimum absolute atomic E-state index is 0.0220. The Hall–Kier alpha value is -2.62. The smallest absolute Gasteiger partial charge is 0.237 e. The van der Waals surface area contributed by atoms with E-state index in [-0.39, 0.29) is 11.9 Å². The van der Waals surface area contributed by atoms with Gasteiger partial charge in [0.25, 0.3) is 0 Å². The standard InChI is InChI=1S/C24H25ClN2O/c25-22-13-11-21(12-14-22)18-27-23(17-20-9-5-2-6-10-20)24(28)26-16-15-19-7-3-1-4-8-19/h1-14,23,27H,15-18H2,(H,26,28). The number of rotatable bonds is 9. The van der Waals surface area contributed by atoms with Gasteiger partial charge in [-0.1, -0.05) is 84.4 Å². The summed E-state index contributed by atoms with van der Waals surface area (Å²) < 4.78 is 0. The average molecular weight is 393 g/mol. The molecule has 3 nitrogen and oxygen atoms in total. The van der Waals surface area contributed by atoms with E-state index in [1.54, 1.807) is 0 Å². The molecule has 28 heavy (non-hydrogen) atoms. The summed E-state index contributed by atoms with van der Waals surface area (Å²) in [7, 11) is 0. The molecule has 144 valence electrons. The summed E-state index contributed by atoms with van der Waals surface area (Å²) in [5, 5.41) is 7.18. The Morgan fingerprint density at radius 3 is 2.04 bits per heavy atom. The Bertz CT molecular complexity index is 851. The summed E-state index contributed by atoms with van der Waals surface area (Å²) in [4.78, 5) is 12.8. The van der Waals surface area contributed by atoms with Gasteiger partial charge in [0.05, 0.1) is 6.04 Å². The van der Waals surface area contributed by atoms with Gasteiger partial charge < -0.3 is 10.6 Å². The molecule has 0 saturated heterocycles. The Morgan fingerprint density at radius 1 is 0.786 bits per heavy atom. The van der Waals surface area contributed by atoms with Crippen LogP contribution >= 0.6 is 11.6 Å². The van der Waals surface area contributed by atoms with Gasteiger partial charge in [0.1, 0.15) is 0 Å². The van der Waals surface area contributed by atoms with Crippen molar-refractivity contribution in [3.05, 3.63) is 107 Å². The highest BCUT2D eigenvalue weighted by molar-refractivity contribution is 6.30. The molecular weight excluding hydrogens is 368 g/mol. The zero-order valence-electron chi connectivity index (χ0n) is 15.8. The van der Waals surface area contributed by atoms with Crippen molar-refractivity contribution in [2.24, 2.45) is 0 Å². The largest absolute Gasteiger partial charge is 0.354 e. The number of benzene rings is 3. The summed E-state index contributed by atoms with van der Waals surface area (Å²) in [6, 6.07) is 27.7. The number of carbonyl (C=O) groups is 1. The number of hydrogen-bond donors (Lipinski definition) is 2. The molecule has 3 rings (SSSR count). The van der Waals surface area contributed by atoms with Crippen LogP contribution in [0, 0.1) is 0 Å². The second-order valence-corrected chi connectivity index (χ2v) is 7.21. The fourth-order valence-corrected chi connectivity index (χ4v) is 3.17. The van der Waals surface area contributed by atoms with E-state index >= 15 is 0 Å². The summed E-state index contributed by atoms with van der Waals surface area (Å²) >= 11 is 5.96. The zero-order chi connectivity index (χ0) is 19.6. The normalized spacial score (nSPS) is 11.8. The first-order valence-corrected chi connectivity index (χ1v) is 9.92. The Morgan fingerprint density at radius 2 is 1.39 bits per heavy atom. The van der Waals surface area contributed by atoms with Gasteiger partial charge in [0, 0.05) is 18.1 Å². The maximum atomic E-state index is 12.8. The molecule has 0 radical (unpaired) electrons. The minimum Gasteiger partial charge on any atom is -0.354 e. The molecule has 0 saturated carbocycles.